The Bertz CT molecular complexity index is 484. The fourth-order valence-electron chi connectivity index (χ4n) is 2.06. The number of thiophene rings is 1. The van der Waals surface area contributed by atoms with Gasteiger partial charge in [-0.1, -0.05) is 0 Å². The second-order valence-electron chi connectivity index (χ2n) is 4.40. The van der Waals surface area contributed by atoms with Gasteiger partial charge >= 0.3 is 0 Å². The van der Waals surface area contributed by atoms with Crippen molar-refractivity contribution in [1.82, 2.24) is 15.5 Å². The quantitative estimate of drug-likeness (QED) is 0.839. The molecule has 1 saturated heterocycles. The number of halogens is 1. The molecular weight excluding hydrogens is 330 g/mol. The zero-order valence-electron chi connectivity index (χ0n) is 10.8. The highest BCUT2D eigenvalue weighted by Crippen LogP contribution is 2.28. The Morgan fingerprint density at radius 2 is 2.32 bits per heavy atom. The van der Waals surface area contributed by atoms with Crippen molar-refractivity contribution in [2.75, 3.05) is 26.7 Å². The highest BCUT2D eigenvalue weighted by molar-refractivity contribution is 9.11. The van der Waals surface area contributed by atoms with Gasteiger partial charge in [0.15, 0.2) is 0 Å². The molecule has 1 aromatic rings. The van der Waals surface area contributed by atoms with E-state index in [0.29, 0.717) is 24.5 Å². The van der Waals surface area contributed by atoms with Gasteiger partial charge in [0.05, 0.1) is 8.66 Å². The second kappa shape index (κ2) is 6.02. The van der Waals surface area contributed by atoms with Crippen LogP contribution < -0.4 is 10.6 Å². The second-order valence-corrected chi connectivity index (χ2v) is 6.77. The number of hydrogen-bond donors (Lipinski definition) is 2. The smallest absolute Gasteiger partial charge is 0.264 e. The molecule has 1 fully saturated rings. The molecule has 0 aliphatic carbocycles. The van der Waals surface area contributed by atoms with Gasteiger partial charge in [-0.05, 0) is 34.5 Å². The van der Waals surface area contributed by atoms with Crippen molar-refractivity contribution in [3.8, 4) is 0 Å². The molecule has 19 heavy (non-hydrogen) atoms. The van der Waals surface area contributed by atoms with Crippen LogP contribution in [0.5, 0.6) is 0 Å². The van der Waals surface area contributed by atoms with Gasteiger partial charge in [-0.25, -0.2) is 0 Å². The summed E-state index contributed by atoms with van der Waals surface area (Å²) in [5.74, 6) is -0.207. The lowest BCUT2D eigenvalue weighted by atomic mass is 10.1. The Labute approximate surface area is 124 Å². The third-order valence-corrected chi connectivity index (χ3v) is 5.25. The molecule has 2 amide bonds. The highest BCUT2D eigenvalue weighted by Gasteiger charge is 2.32. The predicted octanol–water partition coefficient (Wildman–Crippen LogP) is 0.979. The average molecular weight is 346 g/mol. The molecule has 0 saturated carbocycles. The van der Waals surface area contributed by atoms with Crippen LogP contribution in [-0.2, 0) is 4.79 Å². The van der Waals surface area contributed by atoms with E-state index in [9.17, 15) is 9.59 Å². The van der Waals surface area contributed by atoms with Gasteiger partial charge in [-0.15, -0.1) is 11.3 Å². The first-order valence-electron chi connectivity index (χ1n) is 6.03. The summed E-state index contributed by atoms with van der Waals surface area (Å²) in [5.41, 5.74) is 1.04. The molecule has 1 aliphatic rings. The molecule has 0 bridgehead atoms. The molecule has 0 aromatic carbocycles. The van der Waals surface area contributed by atoms with Crippen molar-refractivity contribution in [2.24, 2.45) is 0 Å². The van der Waals surface area contributed by atoms with E-state index >= 15 is 0 Å². The third-order valence-electron chi connectivity index (χ3n) is 3.12. The number of nitrogens with zero attached hydrogens (tertiary/aromatic N) is 1. The van der Waals surface area contributed by atoms with E-state index < -0.39 is 6.04 Å². The lowest BCUT2D eigenvalue weighted by Gasteiger charge is -2.34. The summed E-state index contributed by atoms with van der Waals surface area (Å²) >= 11 is 4.83. The Morgan fingerprint density at radius 1 is 1.58 bits per heavy atom. The topological polar surface area (TPSA) is 61.4 Å². The molecule has 0 spiro atoms. The summed E-state index contributed by atoms with van der Waals surface area (Å²) in [5, 5.41) is 5.75. The number of hydrogen-bond acceptors (Lipinski definition) is 4. The van der Waals surface area contributed by atoms with E-state index in [2.05, 4.69) is 26.6 Å². The van der Waals surface area contributed by atoms with Crippen LogP contribution >= 0.6 is 27.3 Å². The number of carbonyl (C=O) groups is 2. The minimum atomic E-state index is -0.438. The first-order chi connectivity index (χ1) is 9.04. The minimum absolute atomic E-state index is 0.0751. The molecule has 1 unspecified atom stereocenters. The van der Waals surface area contributed by atoms with Crippen LogP contribution in [-0.4, -0.2) is 49.4 Å². The summed E-state index contributed by atoms with van der Waals surface area (Å²) in [6.45, 7) is 3.71. The van der Waals surface area contributed by atoms with E-state index in [1.165, 1.54) is 11.3 Å². The largest absolute Gasteiger partial charge is 0.357 e. The number of aryl methyl sites for hydroxylation is 1. The zero-order chi connectivity index (χ0) is 14.0. The fraction of sp³-hybridized carbons (Fsp3) is 0.500. The molecule has 2 heterocycles. The van der Waals surface area contributed by atoms with Crippen molar-refractivity contribution in [3.05, 3.63) is 20.3 Å². The first kappa shape index (κ1) is 14.5. The van der Waals surface area contributed by atoms with Gasteiger partial charge in [0.25, 0.3) is 5.91 Å². The minimum Gasteiger partial charge on any atom is -0.357 e. The molecule has 1 atom stereocenters. The van der Waals surface area contributed by atoms with Gasteiger partial charge < -0.3 is 15.5 Å². The van der Waals surface area contributed by atoms with Crippen LogP contribution in [0.4, 0.5) is 0 Å². The summed E-state index contributed by atoms with van der Waals surface area (Å²) in [4.78, 5) is 26.7. The van der Waals surface area contributed by atoms with E-state index in [4.69, 9.17) is 0 Å². The Morgan fingerprint density at radius 3 is 2.89 bits per heavy atom. The Balaban J connectivity index is 2.22. The van der Waals surface area contributed by atoms with Crippen LogP contribution in [0.25, 0.3) is 0 Å². The van der Waals surface area contributed by atoms with Crippen LogP contribution in [0.15, 0.2) is 9.85 Å². The van der Waals surface area contributed by atoms with Crippen molar-refractivity contribution >= 4 is 39.1 Å². The van der Waals surface area contributed by atoms with Crippen LogP contribution in [0.3, 0.4) is 0 Å². The maximum Gasteiger partial charge on any atom is 0.264 e. The van der Waals surface area contributed by atoms with E-state index in [-0.39, 0.29) is 11.8 Å². The van der Waals surface area contributed by atoms with Gasteiger partial charge in [0, 0.05) is 26.7 Å². The maximum atomic E-state index is 12.5. The molecule has 1 aliphatic heterocycles. The lowest BCUT2D eigenvalue weighted by molar-refractivity contribution is -0.125. The molecule has 2 N–H and O–H groups in total. The summed E-state index contributed by atoms with van der Waals surface area (Å²) < 4.78 is 0.961. The van der Waals surface area contributed by atoms with Gasteiger partial charge in [0.1, 0.15) is 6.04 Å². The average Bonchev–Trinajstić information content (AvgIpc) is 2.77. The first-order valence-corrected chi connectivity index (χ1v) is 7.64. The van der Waals surface area contributed by atoms with Crippen molar-refractivity contribution in [2.45, 2.75) is 13.0 Å². The normalized spacial score (nSPS) is 19.3. The van der Waals surface area contributed by atoms with Crippen LogP contribution in [0, 0.1) is 6.92 Å². The molecular formula is C12H16BrN3O2S. The predicted molar refractivity (Wildman–Crippen MR) is 78.5 cm³/mol. The number of amides is 2. The molecule has 5 nitrogen and oxygen atoms in total. The summed E-state index contributed by atoms with van der Waals surface area (Å²) in [6.07, 6.45) is 0. The van der Waals surface area contributed by atoms with Crippen molar-refractivity contribution < 1.29 is 9.59 Å². The van der Waals surface area contributed by atoms with E-state index in [1.54, 1.807) is 11.9 Å². The monoisotopic (exact) mass is 345 g/mol. The zero-order valence-corrected chi connectivity index (χ0v) is 13.2. The van der Waals surface area contributed by atoms with Crippen molar-refractivity contribution in [3.63, 3.8) is 0 Å². The SMILES string of the molecule is CNC(=O)C1CNCCN1C(=O)c1cc(C)c(Br)s1. The lowest BCUT2D eigenvalue weighted by Crippen LogP contribution is -2.59. The maximum absolute atomic E-state index is 12.5. The molecule has 7 heteroatoms. The Hall–Kier alpha value is -0.920. The van der Waals surface area contributed by atoms with E-state index in [0.717, 1.165) is 9.35 Å². The van der Waals surface area contributed by atoms with Crippen LogP contribution in [0.1, 0.15) is 15.2 Å². The summed E-state index contributed by atoms with van der Waals surface area (Å²) in [6, 6.07) is 1.42. The number of carbonyl (C=O) groups excluding carboxylic acids is 2. The highest BCUT2D eigenvalue weighted by atomic mass is 79.9. The van der Waals surface area contributed by atoms with Crippen LogP contribution in [0.2, 0.25) is 0 Å². The Kier molecular flexibility index (Phi) is 4.59. The molecule has 104 valence electrons. The standard InChI is InChI=1S/C12H16BrN3O2S/c1-7-5-9(19-10(7)13)12(18)16-4-3-15-6-8(16)11(17)14-2/h5,8,15H,3-4,6H2,1-2H3,(H,14,17). The number of likely N-dealkylation sites (N-methyl/N-ethyl adjacent to an activating group) is 1. The third kappa shape index (κ3) is 2.98. The van der Waals surface area contributed by atoms with Gasteiger partial charge in [0.2, 0.25) is 5.91 Å². The van der Waals surface area contributed by atoms with Crippen molar-refractivity contribution in [1.29, 1.82) is 0 Å². The van der Waals surface area contributed by atoms with Gasteiger partial charge in [-0.2, -0.15) is 0 Å². The van der Waals surface area contributed by atoms with E-state index in [1.807, 2.05) is 13.0 Å². The molecule has 0 radical (unpaired) electrons. The number of rotatable bonds is 2. The number of piperazine rings is 1. The fourth-order valence-corrected chi connectivity index (χ4v) is 3.55. The summed E-state index contributed by atoms with van der Waals surface area (Å²) in [7, 11) is 1.59. The molecule has 2 rings (SSSR count). The van der Waals surface area contributed by atoms with Gasteiger partial charge in [-0.3, -0.25) is 9.59 Å². The number of nitrogens with one attached hydrogen (secondary N) is 2. The molecule has 1 aromatic heterocycles.